The van der Waals surface area contributed by atoms with E-state index in [1.54, 1.807) is 7.11 Å². The molecule has 6 heteroatoms. The van der Waals surface area contributed by atoms with Crippen molar-refractivity contribution in [3.8, 4) is 0 Å². The zero-order valence-electron chi connectivity index (χ0n) is 12.9. The van der Waals surface area contributed by atoms with E-state index in [4.69, 9.17) is 4.84 Å². The van der Waals surface area contributed by atoms with Gasteiger partial charge in [0, 0.05) is 33.1 Å². The quantitative estimate of drug-likeness (QED) is 0.413. The second-order valence-corrected chi connectivity index (χ2v) is 4.79. The highest BCUT2D eigenvalue weighted by molar-refractivity contribution is 5.72. The largest absolute Gasteiger partial charge is 0.356 e. The van der Waals surface area contributed by atoms with Gasteiger partial charge >= 0.3 is 0 Å². The monoisotopic (exact) mass is 294 g/mol. The number of benzene rings is 1. The predicted octanol–water partition coefficient (Wildman–Crippen LogP) is 0.670. The molecule has 0 aromatic heterocycles. The van der Waals surface area contributed by atoms with E-state index in [0.717, 1.165) is 32.6 Å². The van der Waals surface area contributed by atoms with Gasteiger partial charge in [-0.05, 0) is 18.5 Å². The first-order valence-electron chi connectivity index (χ1n) is 7.25. The third-order valence-electron chi connectivity index (χ3n) is 2.90. The molecule has 0 aliphatic carbocycles. The molecule has 0 atom stereocenters. The molecule has 0 aliphatic rings. The van der Waals surface area contributed by atoms with Crippen LogP contribution in [0.25, 0.3) is 0 Å². The lowest BCUT2D eigenvalue weighted by Crippen LogP contribution is -2.41. The van der Waals surface area contributed by atoms with E-state index >= 15 is 0 Å². The van der Waals surface area contributed by atoms with Crippen molar-refractivity contribution in [1.82, 2.24) is 21.2 Å². The van der Waals surface area contributed by atoms with Crippen LogP contribution in [-0.2, 0) is 16.2 Å². The van der Waals surface area contributed by atoms with Crippen molar-refractivity contribution in [1.29, 1.82) is 0 Å². The van der Waals surface area contributed by atoms with Crippen LogP contribution < -0.4 is 16.2 Å². The Morgan fingerprint density at radius 2 is 1.95 bits per heavy atom. The van der Waals surface area contributed by atoms with Crippen LogP contribution in [0.4, 0.5) is 0 Å². The lowest BCUT2D eigenvalue weighted by Gasteiger charge is -2.22. The number of nitrogens with one attached hydrogen (secondary N) is 3. The zero-order valence-corrected chi connectivity index (χ0v) is 12.9. The number of hydrogen-bond acceptors (Lipinski definition) is 5. The Hall–Kier alpha value is -1.47. The molecule has 118 valence electrons. The molecule has 0 unspecified atom stereocenters. The van der Waals surface area contributed by atoms with Gasteiger partial charge in [-0.2, -0.15) is 0 Å². The van der Waals surface area contributed by atoms with E-state index in [-0.39, 0.29) is 5.91 Å². The van der Waals surface area contributed by atoms with Crippen molar-refractivity contribution in [2.24, 2.45) is 0 Å². The average molecular weight is 294 g/mol. The Morgan fingerprint density at radius 1 is 1.19 bits per heavy atom. The molecule has 0 fully saturated rings. The van der Waals surface area contributed by atoms with Gasteiger partial charge in [-0.25, -0.2) is 5.01 Å². The number of carbonyl (C=O) groups is 1. The SMILES string of the molecule is CONN(CCNCCCNC(C)=O)Cc1ccccc1. The minimum Gasteiger partial charge on any atom is -0.356 e. The highest BCUT2D eigenvalue weighted by Gasteiger charge is 2.04. The van der Waals surface area contributed by atoms with E-state index < -0.39 is 0 Å². The Labute approximate surface area is 126 Å². The van der Waals surface area contributed by atoms with Crippen LogP contribution >= 0.6 is 0 Å². The van der Waals surface area contributed by atoms with Gasteiger partial charge in [0.05, 0.1) is 7.11 Å². The predicted molar refractivity (Wildman–Crippen MR) is 83.2 cm³/mol. The summed E-state index contributed by atoms with van der Waals surface area (Å²) in [7, 11) is 1.61. The normalized spacial score (nSPS) is 10.8. The zero-order chi connectivity index (χ0) is 15.3. The molecule has 21 heavy (non-hydrogen) atoms. The fourth-order valence-electron chi connectivity index (χ4n) is 1.91. The smallest absolute Gasteiger partial charge is 0.216 e. The first-order chi connectivity index (χ1) is 10.2. The number of hydrazine groups is 1. The summed E-state index contributed by atoms with van der Waals surface area (Å²) in [6.45, 7) is 5.58. The maximum Gasteiger partial charge on any atom is 0.216 e. The number of hydrogen-bond donors (Lipinski definition) is 3. The van der Waals surface area contributed by atoms with Gasteiger partial charge in [0.2, 0.25) is 5.91 Å². The highest BCUT2D eigenvalue weighted by atomic mass is 16.7. The second-order valence-electron chi connectivity index (χ2n) is 4.79. The van der Waals surface area contributed by atoms with Crippen molar-refractivity contribution in [3.05, 3.63) is 35.9 Å². The molecule has 1 rings (SSSR count). The van der Waals surface area contributed by atoms with Crippen LogP contribution in [0.5, 0.6) is 0 Å². The van der Waals surface area contributed by atoms with Gasteiger partial charge < -0.3 is 10.6 Å². The fraction of sp³-hybridized carbons (Fsp3) is 0.533. The van der Waals surface area contributed by atoms with Gasteiger partial charge in [-0.3, -0.25) is 9.63 Å². The average Bonchev–Trinajstić information content (AvgIpc) is 2.47. The maximum atomic E-state index is 10.7. The molecule has 6 nitrogen and oxygen atoms in total. The summed E-state index contributed by atoms with van der Waals surface area (Å²) >= 11 is 0. The van der Waals surface area contributed by atoms with Gasteiger partial charge in [0.25, 0.3) is 0 Å². The molecule has 0 radical (unpaired) electrons. The molecular formula is C15H26N4O2. The third kappa shape index (κ3) is 9.14. The Kier molecular flexibility index (Phi) is 9.39. The Balaban J connectivity index is 2.15. The first-order valence-corrected chi connectivity index (χ1v) is 7.25. The minimum atomic E-state index is 0.0216. The van der Waals surface area contributed by atoms with Crippen LogP contribution in [0.1, 0.15) is 18.9 Å². The molecule has 1 aromatic rings. The second kappa shape index (κ2) is 11.2. The van der Waals surface area contributed by atoms with Crippen molar-refractivity contribution in [2.75, 3.05) is 33.3 Å². The molecule has 0 saturated carbocycles. The molecule has 0 bridgehead atoms. The molecule has 0 heterocycles. The lowest BCUT2D eigenvalue weighted by molar-refractivity contribution is -0.118. The summed E-state index contributed by atoms with van der Waals surface area (Å²) in [4.78, 5) is 15.7. The summed E-state index contributed by atoms with van der Waals surface area (Å²) in [6, 6.07) is 10.2. The molecule has 1 aromatic carbocycles. The summed E-state index contributed by atoms with van der Waals surface area (Å²) < 4.78 is 0. The number of rotatable bonds is 11. The topological polar surface area (TPSA) is 65.6 Å². The minimum absolute atomic E-state index is 0.0216. The standard InChI is InChI=1S/C15H26N4O2/c1-14(20)17-10-6-9-16-11-12-19(18-21-2)13-15-7-4-3-5-8-15/h3-5,7-8,16,18H,6,9-13H2,1-2H3,(H,17,20). The molecule has 0 saturated heterocycles. The lowest BCUT2D eigenvalue weighted by atomic mass is 10.2. The van der Waals surface area contributed by atoms with Crippen molar-refractivity contribution in [3.63, 3.8) is 0 Å². The molecular weight excluding hydrogens is 268 g/mol. The van der Waals surface area contributed by atoms with Gasteiger partial charge in [0.1, 0.15) is 0 Å². The molecule has 0 aliphatic heterocycles. The van der Waals surface area contributed by atoms with E-state index in [2.05, 4.69) is 28.4 Å². The van der Waals surface area contributed by atoms with Crippen molar-refractivity contribution < 1.29 is 9.63 Å². The molecule has 1 amide bonds. The Morgan fingerprint density at radius 3 is 2.62 bits per heavy atom. The maximum absolute atomic E-state index is 10.7. The van der Waals surface area contributed by atoms with Crippen LogP contribution in [0, 0.1) is 0 Å². The van der Waals surface area contributed by atoms with E-state index in [0.29, 0.717) is 6.54 Å². The van der Waals surface area contributed by atoms with E-state index in [1.165, 1.54) is 12.5 Å². The summed E-state index contributed by atoms with van der Waals surface area (Å²) in [6.07, 6.45) is 0.927. The van der Waals surface area contributed by atoms with Crippen LogP contribution in [0.15, 0.2) is 30.3 Å². The third-order valence-corrected chi connectivity index (χ3v) is 2.90. The summed E-state index contributed by atoms with van der Waals surface area (Å²) in [5, 5.41) is 8.13. The molecule has 0 spiro atoms. The van der Waals surface area contributed by atoms with E-state index in [1.807, 2.05) is 23.2 Å². The van der Waals surface area contributed by atoms with E-state index in [9.17, 15) is 4.79 Å². The number of carbonyl (C=O) groups excluding carboxylic acids is 1. The van der Waals surface area contributed by atoms with Crippen LogP contribution in [0.3, 0.4) is 0 Å². The number of nitrogens with zero attached hydrogens (tertiary/aromatic N) is 1. The van der Waals surface area contributed by atoms with Gasteiger partial charge in [-0.1, -0.05) is 30.3 Å². The Bertz CT molecular complexity index is 387. The van der Waals surface area contributed by atoms with Crippen LogP contribution in [0.2, 0.25) is 0 Å². The summed E-state index contributed by atoms with van der Waals surface area (Å²) in [5.41, 5.74) is 4.11. The first kappa shape index (κ1) is 17.6. The van der Waals surface area contributed by atoms with Gasteiger partial charge in [-0.15, -0.1) is 5.59 Å². The number of amides is 1. The van der Waals surface area contributed by atoms with Crippen LogP contribution in [-0.4, -0.2) is 44.2 Å². The van der Waals surface area contributed by atoms with Crippen molar-refractivity contribution >= 4 is 5.91 Å². The summed E-state index contributed by atoms with van der Waals surface area (Å²) in [5.74, 6) is 0.0216. The van der Waals surface area contributed by atoms with Gasteiger partial charge in [0.15, 0.2) is 0 Å². The fourth-order valence-corrected chi connectivity index (χ4v) is 1.91. The molecule has 3 N–H and O–H groups in total. The highest BCUT2D eigenvalue weighted by Crippen LogP contribution is 2.01. The van der Waals surface area contributed by atoms with Crippen molar-refractivity contribution in [2.45, 2.75) is 19.9 Å².